The van der Waals surface area contributed by atoms with Crippen molar-refractivity contribution in [3.05, 3.63) is 70.3 Å². The van der Waals surface area contributed by atoms with Crippen LogP contribution in [0, 0.1) is 13.8 Å². The SMILES string of the molecule is CCNC(=NCc1cccc(CN2CCCC2=O)c1)N1CCOC(c2ccc(C)cc2C)C1. The van der Waals surface area contributed by atoms with Crippen LogP contribution < -0.4 is 5.32 Å². The fraction of sp³-hybridized carbons (Fsp3) is 0.481. The number of rotatable bonds is 6. The van der Waals surface area contributed by atoms with Gasteiger partial charge in [-0.1, -0.05) is 48.0 Å². The molecular formula is C27H36N4O2. The van der Waals surface area contributed by atoms with Gasteiger partial charge >= 0.3 is 0 Å². The number of benzene rings is 2. The van der Waals surface area contributed by atoms with Crippen LogP contribution in [0.3, 0.4) is 0 Å². The first-order valence-electron chi connectivity index (χ1n) is 12.1. The normalized spacial score (nSPS) is 19.3. The molecular weight excluding hydrogens is 412 g/mol. The Kier molecular flexibility index (Phi) is 7.65. The van der Waals surface area contributed by atoms with Crippen LogP contribution in [0.5, 0.6) is 0 Å². The molecule has 33 heavy (non-hydrogen) atoms. The van der Waals surface area contributed by atoms with Crippen LogP contribution in [-0.4, -0.2) is 54.5 Å². The van der Waals surface area contributed by atoms with E-state index in [9.17, 15) is 4.79 Å². The zero-order chi connectivity index (χ0) is 23.2. The maximum atomic E-state index is 12.0. The molecule has 4 rings (SSSR count). The molecule has 1 atom stereocenters. The van der Waals surface area contributed by atoms with Gasteiger partial charge in [0.1, 0.15) is 6.10 Å². The van der Waals surface area contributed by atoms with Gasteiger partial charge in [-0.3, -0.25) is 4.79 Å². The van der Waals surface area contributed by atoms with Crippen molar-refractivity contribution in [3.63, 3.8) is 0 Å². The van der Waals surface area contributed by atoms with Gasteiger partial charge in [-0.25, -0.2) is 4.99 Å². The molecule has 2 aromatic carbocycles. The Balaban J connectivity index is 1.45. The summed E-state index contributed by atoms with van der Waals surface area (Å²) in [4.78, 5) is 21.2. The maximum absolute atomic E-state index is 12.0. The van der Waals surface area contributed by atoms with Gasteiger partial charge in [0, 0.05) is 32.6 Å². The Morgan fingerprint density at radius 2 is 2.00 bits per heavy atom. The van der Waals surface area contributed by atoms with Crippen LogP contribution in [0.15, 0.2) is 47.5 Å². The van der Waals surface area contributed by atoms with Crippen LogP contribution in [0.25, 0.3) is 0 Å². The molecule has 1 amide bonds. The summed E-state index contributed by atoms with van der Waals surface area (Å²) < 4.78 is 6.14. The monoisotopic (exact) mass is 448 g/mol. The van der Waals surface area contributed by atoms with Gasteiger partial charge in [-0.15, -0.1) is 0 Å². The molecule has 1 unspecified atom stereocenters. The summed E-state index contributed by atoms with van der Waals surface area (Å²) in [6, 6.07) is 15.0. The van der Waals surface area contributed by atoms with Gasteiger partial charge in [0.15, 0.2) is 5.96 Å². The number of morpholine rings is 1. The van der Waals surface area contributed by atoms with E-state index in [-0.39, 0.29) is 12.0 Å². The minimum absolute atomic E-state index is 0.0459. The third kappa shape index (κ3) is 5.93. The molecule has 2 aliphatic rings. The van der Waals surface area contributed by atoms with Gasteiger partial charge in [0.2, 0.25) is 5.91 Å². The minimum atomic E-state index is 0.0459. The topological polar surface area (TPSA) is 57.2 Å². The number of hydrogen-bond acceptors (Lipinski definition) is 3. The quantitative estimate of drug-likeness (QED) is 0.537. The highest BCUT2D eigenvalue weighted by atomic mass is 16.5. The highest BCUT2D eigenvalue weighted by Crippen LogP contribution is 2.26. The number of guanidine groups is 1. The second-order valence-electron chi connectivity index (χ2n) is 9.07. The summed E-state index contributed by atoms with van der Waals surface area (Å²) >= 11 is 0. The average molecular weight is 449 g/mol. The zero-order valence-corrected chi connectivity index (χ0v) is 20.1. The number of carbonyl (C=O) groups is 1. The number of nitrogens with zero attached hydrogens (tertiary/aromatic N) is 3. The number of ether oxygens (including phenoxy) is 1. The fourth-order valence-electron chi connectivity index (χ4n) is 4.73. The Labute approximate surface area is 197 Å². The lowest BCUT2D eigenvalue weighted by molar-refractivity contribution is -0.128. The number of carbonyl (C=O) groups excluding carboxylic acids is 1. The lowest BCUT2D eigenvalue weighted by Gasteiger charge is -2.36. The fourth-order valence-corrected chi connectivity index (χ4v) is 4.73. The molecule has 2 aliphatic heterocycles. The predicted molar refractivity (Wildman–Crippen MR) is 132 cm³/mol. The smallest absolute Gasteiger partial charge is 0.222 e. The number of amides is 1. The van der Waals surface area contributed by atoms with Crippen LogP contribution in [0.2, 0.25) is 0 Å². The van der Waals surface area contributed by atoms with Crippen molar-refractivity contribution in [2.45, 2.75) is 52.8 Å². The summed E-state index contributed by atoms with van der Waals surface area (Å²) in [7, 11) is 0. The average Bonchev–Trinajstić information content (AvgIpc) is 3.21. The Hall–Kier alpha value is -2.86. The van der Waals surface area contributed by atoms with E-state index in [0.717, 1.165) is 44.1 Å². The molecule has 0 bridgehead atoms. The molecule has 2 fully saturated rings. The maximum Gasteiger partial charge on any atom is 0.222 e. The Morgan fingerprint density at radius 3 is 2.76 bits per heavy atom. The van der Waals surface area contributed by atoms with E-state index >= 15 is 0 Å². The second-order valence-corrected chi connectivity index (χ2v) is 9.07. The molecule has 2 heterocycles. The lowest BCUT2D eigenvalue weighted by Crippen LogP contribution is -2.48. The second kappa shape index (κ2) is 10.8. The van der Waals surface area contributed by atoms with Crippen molar-refractivity contribution in [3.8, 4) is 0 Å². The molecule has 0 spiro atoms. The summed E-state index contributed by atoms with van der Waals surface area (Å²) in [5, 5.41) is 3.46. The number of aryl methyl sites for hydroxylation is 2. The largest absolute Gasteiger partial charge is 0.370 e. The van der Waals surface area contributed by atoms with Crippen molar-refractivity contribution in [1.82, 2.24) is 15.1 Å². The van der Waals surface area contributed by atoms with Gasteiger partial charge in [0.25, 0.3) is 0 Å². The van der Waals surface area contributed by atoms with Crippen LogP contribution in [-0.2, 0) is 22.6 Å². The lowest BCUT2D eigenvalue weighted by atomic mass is 10.00. The summed E-state index contributed by atoms with van der Waals surface area (Å²) in [6.07, 6.45) is 1.69. The van der Waals surface area contributed by atoms with Gasteiger partial charge in [-0.05, 0) is 49.4 Å². The highest BCUT2D eigenvalue weighted by Gasteiger charge is 2.25. The molecule has 6 nitrogen and oxygen atoms in total. The first kappa shape index (κ1) is 23.3. The molecule has 1 N–H and O–H groups in total. The molecule has 2 aromatic rings. The molecule has 0 aromatic heterocycles. The zero-order valence-electron chi connectivity index (χ0n) is 20.1. The van der Waals surface area contributed by atoms with Crippen molar-refractivity contribution < 1.29 is 9.53 Å². The first-order chi connectivity index (χ1) is 16.0. The van der Waals surface area contributed by atoms with E-state index in [1.54, 1.807) is 0 Å². The summed E-state index contributed by atoms with van der Waals surface area (Å²) in [5.41, 5.74) is 6.13. The van der Waals surface area contributed by atoms with E-state index < -0.39 is 0 Å². The van der Waals surface area contributed by atoms with Crippen molar-refractivity contribution >= 4 is 11.9 Å². The van der Waals surface area contributed by atoms with E-state index in [1.807, 2.05) is 4.90 Å². The van der Waals surface area contributed by atoms with Gasteiger partial charge < -0.3 is 19.9 Å². The highest BCUT2D eigenvalue weighted by molar-refractivity contribution is 5.80. The van der Waals surface area contributed by atoms with Crippen LogP contribution in [0.1, 0.15) is 53.7 Å². The van der Waals surface area contributed by atoms with E-state index in [4.69, 9.17) is 9.73 Å². The predicted octanol–water partition coefficient (Wildman–Crippen LogP) is 3.96. The van der Waals surface area contributed by atoms with Crippen molar-refractivity contribution in [1.29, 1.82) is 0 Å². The number of nitrogens with one attached hydrogen (secondary N) is 1. The third-order valence-electron chi connectivity index (χ3n) is 6.42. The minimum Gasteiger partial charge on any atom is -0.370 e. The van der Waals surface area contributed by atoms with E-state index in [2.05, 4.69) is 73.5 Å². The number of aliphatic imine (C=N–C) groups is 1. The standard InChI is InChI=1S/C27H36N4O2/c1-4-28-27(31-13-14-33-25(19-31)24-11-10-20(2)15-21(24)3)29-17-22-7-5-8-23(16-22)18-30-12-6-9-26(30)32/h5,7-8,10-11,15-16,25H,4,6,9,12-14,17-19H2,1-3H3,(H,28,29). The van der Waals surface area contributed by atoms with Crippen molar-refractivity contribution in [2.24, 2.45) is 4.99 Å². The third-order valence-corrected chi connectivity index (χ3v) is 6.42. The summed E-state index contributed by atoms with van der Waals surface area (Å²) in [5.74, 6) is 1.19. The van der Waals surface area contributed by atoms with Crippen LogP contribution >= 0.6 is 0 Å². The molecule has 6 heteroatoms. The molecule has 0 radical (unpaired) electrons. The molecule has 0 aliphatic carbocycles. The number of hydrogen-bond donors (Lipinski definition) is 1. The molecule has 0 saturated carbocycles. The first-order valence-corrected chi connectivity index (χ1v) is 12.1. The Morgan fingerprint density at radius 1 is 1.15 bits per heavy atom. The Bertz CT molecular complexity index is 1000. The number of likely N-dealkylation sites (tertiary alicyclic amines) is 1. The molecule has 176 valence electrons. The van der Waals surface area contributed by atoms with E-state index in [1.165, 1.54) is 22.3 Å². The molecule has 2 saturated heterocycles. The van der Waals surface area contributed by atoms with Gasteiger partial charge in [0.05, 0.1) is 19.7 Å². The van der Waals surface area contributed by atoms with Gasteiger partial charge in [-0.2, -0.15) is 0 Å². The van der Waals surface area contributed by atoms with Crippen molar-refractivity contribution in [2.75, 3.05) is 32.8 Å². The summed E-state index contributed by atoms with van der Waals surface area (Å²) in [6.45, 7) is 11.7. The van der Waals surface area contributed by atoms with Crippen LogP contribution in [0.4, 0.5) is 0 Å². The van der Waals surface area contributed by atoms with E-state index in [0.29, 0.717) is 26.1 Å².